The van der Waals surface area contributed by atoms with E-state index in [2.05, 4.69) is 5.32 Å². The van der Waals surface area contributed by atoms with Gasteiger partial charge in [-0.3, -0.25) is 4.79 Å². The summed E-state index contributed by atoms with van der Waals surface area (Å²) in [5.41, 5.74) is -0.0103. The van der Waals surface area contributed by atoms with Crippen LogP contribution in [-0.4, -0.2) is 17.6 Å². The SMILES string of the molecule is O=C(Cc1cc(F)ccc1F)NCC(O)c1cc2ccccc2s1. The summed E-state index contributed by atoms with van der Waals surface area (Å²) in [6.07, 6.45) is -1.12. The fraction of sp³-hybridized carbons (Fsp3) is 0.167. The number of thiophene rings is 1. The minimum absolute atomic E-state index is 0.0103. The van der Waals surface area contributed by atoms with Crippen molar-refractivity contribution >= 4 is 27.3 Å². The topological polar surface area (TPSA) is 49.3 Å². The first kappa shape index (κ1) is 16.5. The molecule has 2 N–H and O–H groups in total. The number of aliphatic hydroxyl groups excluding tert-OH is 1. The summed E-state index contributed by atoms with van der Waals surface area (Å²) in [4.78, 5) is 12.6. The van der Waals surface area contributed by atoms with Gasteiger partial charge in [0, 0.05) is 21.7 Å². The Balaban J connectivity index is 1.60. The first-order valence-electron chi connectivity index (χ1n) is 7.40. The van der Waals surface area contributed by atoms with Gasteiger partial charge in [-0.15, -0.1) is 11.3 Å². The third-order valence-corrected chi connectivity index (χ3v) is 4.84. The highest BCUT2D eigenvalue weighted by Crippen LogP contribution is 2.29. The van der Waals surface area contributed by atoms with Crippen LogP contribution in [0.5, 0.6) is 0 Å². The summed E-state index contributed by atoms with van der Waals surface area (Å²) < 4.78 is 27.7. The van der Waals surface area contributed by atoms with Gasteiger partial charge in [0.25, 0.3) is 0 Å². The molecule has 3 rings (SSSR count). The molecular formula is C18H15F2NO2S. The standard InChI is InChI=1S/C18H15F2NO2S/c19-13-5-6-14(20)12(7-13)9-18(23)21-10-15(22)17-8-11-3-1-2-4-16(11)24-17/h1-8,15,22H,9-10H2,(H,21,23). The number of nitrogens with one attached hydrogen (secondary N) is 1. The number of amides is 1. The lowest BCUT2D eigenvalue weighted by atomic mass is 10.1. The lowest BCUT2D eigenvalue weighted by Crippen LogP contribution is -2.29. The van der Waals surface area contributed by atoms with Crippen molar-refractivity contribution in [2.45, 2.75) is 12.5 Å². The van der Waals surface area contributed by atoms with E-state index in [0.29, 0.717) is 0 Å². The molecular weight excluding hydrogens is 332 g/mol. The van der Waals surface area contributed by atoms with Crippen LogP contribution in [0.3, 0.4) is 0 Å². The van der Waals surface area contributed by atoms with Gasteiger partial charge < -0.3 is 10.4 Å². The Morgan fingerprint density at radius 1 is 1.17 bits per heavy atom. The number of rotatable bonds is 5. The summed E-state index contributed by atoms with van der Waals surface area (Å²) >= 11 is 1.45. The number of fused-ring (bicyclic) bond motifs is 1. The van der Waals surface area contributed by atoms with Crippen LogP contribution in [0, 0.1) is 11.6 Å². The molecule has 3 aromatic rings. The average Bonchev–Trinajstić information content (AvgIpc) is 3.00. The zero-order valence-corrected chi connectivity index (χ0v) is 13.4. The molecule has 0 spiro atoms. The Hall–Kier alpha value is -2.31. The number of hydrogen-bond donors (Lipinski definition) is 2. The maximum absolute atomic E-state index is 13.5. The van der Waals surface area contributed by atoms with Crippen LogP contribution in [0.1, 0.15) is 16.5 Å². The Morgan fingerprint density at radius 3 is 2.75 bits per heavy atom. The molecule has 1 aromatic heterocycles. The smallest absolute Gasteiger partial charge is 0.224 e. The number of halogens is 2. The van der Waals surface area contributed by atoms with Crippen molar-refractivity contribution in [1.29, 1.82) is 0 Å². The predicted octanol–water partition coefficient (Wildman–Crippen LogP) is 3.57. The average molecular weight is 347 g/mol. The van der Waals surface area contributed by atoms with Crippen molar-refractivity contribution in [2.75, 3.05) is 6.54 Å². The van der Waals surface area contributed by atoms with Gasteiger partial charge in [0.1, 0.15) is 17.7 Å². The molecule has 0 aliphatic heterocycles. The molecule has 0 aliphatic rings. The maximum atomic E-state index is 13.5. The van der Waals surface area contributed by atoms with Crippen molar-refractivity contribution < 1.29 is 18.7 Å². The highest BCUT2D eigenvalue weighted by Gasteiger charge is 2.14. The predicted molar refractivity (Wildman–Crippen MR) is 89.9 cm³/mol. The molecule has 0 saturated heterocycles. The zero-order valence-electron chi connectivity index (χ0n) is 12.6. The molecule has 3 nitrogen and oxygen atoms in total. The summed E-state index contributed by atoms with van der Waals surface area (Å²) in [5.74, 6) is -1.69. The molecule has 0 bridgehead atoms. The van der Waals surface area contributed by atoms with Gasteiger partial charge in [0.05, 0.1) is 6.42 Å². The van der Waals surface area contributed by atoms with Crippen LogP contribution in [-0.2, 0) is 11.2 Å². The van der Waals surface area contributed by atoms with E-state index >= 15 is 0 Å². The van der Waals surface area contributed by atoms with Crippen LogP contribution >= 0.6 is 11.3 Å². The monoisotopic (exact) mass is 347 g/mol. The van der Waals surface area contributed by atoms with Crippen molar-refractivity contribution in [3.8, 4) is 0 Å². The largest absolute Gasteiger partial charge is 0.386 e. The van der Waals surface area contributed by atoms with Crippen LogP contribution in [0.2, 0.25) is 0 Å². The minimum atomic E-state index is -0.844. The van der Waals surface area contributed by atoms with Gasteiger partial charge in [-0.05, 0) is 35.7 Å². The Kier molecular flexibility index (Phi) is 4.87. The van der Waals surface area contributed by atoms with E-state index in [-0.39, 0.29) is 18.5 Å². The molecule has 1 atom stereocenters. The van der Waals surface area contributed by atoms with Crippen molar-refractivity contribution in [1.82, 2.24) is 5.32 Å². The van der Waals surface area contributed by atoms with Crippen LogP contribution in [0.25, 0.3) is 10.1 Å². The second kappa shape index (κ2) is 7.07. The zero-order chi connectivity index (χ0) is 17.1. The Bertz CT molecular complexity index is 845. The van der Waals surface area contributed by atoms with E-state index in [4.69, 9.17) is 0 Å². The van der Waals surface area contributed by atoms with Gasteiger partial charge in [-0.2, -0.15) is 0 Å². The second-order valence-electron chi connectivity index (χ2n) is 5.42. The minimum Gasteiger partial charge on any atom is -0.386 e. The van der Waals surface area contributed by atoms with E-state index in [1.54, 1.807) is 0 Å². The highest BCUT2D eigenvalue weighted by atomic mass is 32.1. The molecule has 0 aliphatic carbocycles. The number of benzene rings is 2. The molecule has 1 unspecified atom stereocenters. The quantitative estimate of drug-likeness (QED) is 0.741. The number of aliphatic hydroxyl groups is 1. The van der Waals surface area contributed by atoms with E-state index in [9.17, 15) is 18.7 Å². The maximum Gasteiger partial charge on any atom is 0.224 e. The van der Waals surface area contributed by atoms with Crippen LogP contribution < -0.4 is 5.32 Å². The van der Waals surface area contributed by atoms with Gasteiger partial charge in [-0.1, -0.05) is 18.2 Å². The van der Waals surface area contributed by atoms with Gasteiger partial charge >= 0.3 is 0 Å². The third kappa shape index (κ3) is 3.77. The second-order valence-corrected chi connectivity index (χ2v) is 6.53. The number of carbonyl (C=O) groups is 1. The lowest BCUT2D eigenvalue weighted by Gasteiger charge is -2.10. The van der Waals surface area contributed by atoms with E-state index in [1.807, 2.05) is 30.3 Å². The number of carbonyl (C=O) groups excluding carboxylic acids is 1. The lowest BCUT2D eigenvalue weighted by molar-refractivity contribution is -0.120. The summed E-state index contributed by atoms with van der Waals surface area (Å²) in [6.45, 7) is 0.0165. The fourth-order valence-corrected chi connectivity index (χ4v) is 3.44. The first-order chi connectivity index (χ1) is 11.5. The normalized spacial score (nSPS) is 12.3. The van der Waals surface area contributed by atoms with Gasteiger partial charge in [0.15, 0.2) is 0 Å². The molecule has 1 heterocycles. The molecule has 1 amide bonds. The van der Waals surface area contributed by atoms with E-state index in [1.165, 1.54) is 11.3 Å². The third-order valence-electron chi connectivity index (χ3n) is 3.62. The van der Waals surface area contributed by atoms with Crippen molar-refractivity contribution in [2.24, 2.45) is 0 Å². The van der Waals surface area contributed by atoms with Gasteiger partial charge in [0.2, 0.25) is 5.91 Å². The van der Waals surface area contributed by atoms with E-state index in [0.717, 1.165) is 33.2 Å². The summed E-state index contributed by atoms with van der Waals surface area (Å²) in [5, 5.41) is 13.8. The number of hydrogen-bond acceptors (Lipinski definition) is 3. The van der Waals surface area contributed by atoms with Crippen molar-refractivity contribution in [3.05, 3.63) is 70.6 Å². The Morgan fingerprint density at radius 2 is 1.96 bits per heavy atom. The Labute approximate surface area is 141 Å². The highest BCUT2D eigenvalue weighted by molar-refractivity contribution is 7.19. The summed E-state index contributed by atoms with van der Waals surface area (Å²) in [6, 6.07) is 12.6. The van der Waals surface area contributed by atoms with Crippen molar-refractivity contribution in [3.63, 3.8) is 0 Å². The summed E-state index contributed by atoms with van der Waals surface area (Å²) in [7, 11) is 0. The van der Waals surface area contributed by atoms with Crippen LogP contribution in [0.4, 0.5) is 8.78 Å². The fourth-order valence-electron chi connectivity index (χ4n) is 2.39. The first-order valence-corrected chi connectivity index (χ1v) is 8.22. The van der Waals surface area contributed by atoms with Gasteiger partial charge in [-0.25, -0.2) is 8.78 Å². The molecule has 24 heavy (non-hydrogen) atoms. The van der Waals surface area contributed by atoms with E-state index < -0.39 is 23.6 Å². The van der Waals surface area contributed by atoms with Crippen LogP contribution in [0.15, 0.2) is 48.5 Å². The molecule has 0 radical (unpaired) electrons. The molecule has 0 fully saturated rings. The molecule has 124 valence electrons. The molecule has 0 saturated carbocycles. The molecule has 2 aromatic carbocycles. The molecule has 6 heteroatoms.